The molecule has 12 aromatic carbocycles. The van der Waals surface area contributed by atoms with Crippen LogP contribution in [0.3, 0.4) is 0 Å². The van der Waals surface area contributed by atoms with E-state index in [1.54, 1.807) is 0 Å². The van der Waals surface area contributed by atoms with E-state index in [0.717, 1.165) is 65.3 Å². The molecule has 392 valence electrons. The second-order valence-electron chi connectivity index (χ2n) is 21.0. The number of hydrogen-bond acceptors (Lipinski definition) is 8. The van der Waals surface area contributed by atoms with E-state index < -0.39 is 0 Å². The minimum Gasteiger partial charge on any atom is -0.507 e. The van der Waals surface area contributed by atoms with Crippen LogP contribution in [0.1, 0.15) is 68.7 Å². The molecule has 0 spiro atoms. The van der Waals surface area contributed by atoms with Crippen molar-refractivity contribution in [1.29, 1.82) is 0 Å². The van der Waals surface area contributed by atoms with E-state index in [1.807, 2.05) is 170 Å². The molecule has 13 rings (SSSR count). The van der Waals surface area contributed by atoms with Crippen molar-refractivity contribution in [3.05, 3.63) is 287 Å². The lowest BCUT2D eigenvalue weighted by molar-refractivity contribution is 0.373. The molecule has 1 aliphatic rings. The third-order valence-electron chi connectivity index (χ3n) is 16.3. The molecule has 1 aliphatic heterocycles. The Labute approximate surface area is 465 Å². The van der Waals surface area contributed by atoms with Crippen molar-refractivity contribution in [3.8, 4) is 45.3 Å². The number of rotatable bonds is 4. The second kappa shape index (κ2) is 21.9. The first-order chi connectivity index (χ1) is 39.4. The molecule has 1 heterocycles. The molecule has 0 unspecified atom stereocenters. The standard InChI is InChI=1S/C72H60N4O4/c77-69-53-37-49-29-13-17-33-57(49)61(69)62-59-35-19-15-31-51(59)39-55(71(62)79)43-75-67(47-25-9-3-10-26-47)68(48-27-11-4-12-28-48)76-44-56-40-52-32-16-20-36-60(52)64(72(56)80)63-58-34-18-14-30-50(58)38-54(70(63)78)42-74-66(46-23-7-2-8-24-46)65(73-41-53)45-21-5-1-6-22-45/h1-40,65-68,73-80H,41-44H2/t65-,66-,67+,68+. The van der Waals surface area contributed by atoms with Gasteiger partial charge in [-0.1, -0.05) is 218 Å². The zero-order valence-electron chi connectivity index (χ0n) is 44.0. The fraction of sp³-hybridized carbons (Fsp3) is 0.111. The molecule has 4 atom stereocenters. The number of fused-ring (bicyclic) bond motifs is 18. The average molecular weight is 1050 g/mol. The molecule has 12 aromatic rings. The van der Waals surface area contributed by atoms with Crippen molar-refractivity contribution in [1.82, 2.24) is 21.3 Å². The van der Waals surface area contributed by atoms with E-state index in [2.05, 4.69) is 94.1 Å². The van der Waals surface area contributed by atoms with Gasteiger partial charge < -0.3 is 41.7 Å². The molecule has 8 N–H and O–H groups in total. The first-order valence-corrected chi connectivity index (χ1v) is 27.5. The largest absolute Gasteiger partial charge is 0.507 e. The quantitative estimate of drug-likeness (QED) is 0.0875. The Hall–Kier alpha value is -9.28. The predicted molar refractivity (Wildman–Crippen MR) is 325 cm³/mol. The van der Waals surface area contributed by atoms with Crippen LogP contribution < -0.4 is 21.3 Å². The summed E-state index contributed by atoms with van der Waals surface area (Å²) in [6.07, 6.45) is 0. The number of hydrogen-bond donors (Lipinski definition) is 8. The summed E-state index contributed by atoms with van der Waals surface area (Å²) in [6.45, 7) is 1.04. The van der Waals surface area contributed by atoms with Crippen LogP contribution in [0.25, 0.3) is 65.3 Å². The zero-order valence-corrected chi connectivity index (χ0v) is 44.0. The predicted octanol–water partition coefficient (Wildman–Crippen LogP) is 15.5. The third kappa shape index (κ3) is 9.44. The van der Waals surface area contributed by atoms with E-state index in [4.69, 9.17) is 0 Å². The highest BCUT2D eigenvalue weighted by atomic mass is 16.3. The number of benzene rings is 12. The molecule has 0 saturated heterocycles. The molecular weight excluding hydrogens is 985 g/mol. The highest BCUT2D eigenvalue weighted by molar-refractivity contribution is 6.12. The normalized spacial score (nSPS) is 17.3. The van der Waals surface area contributed by atoms with Crippen LogP contribution in [0.2, 0.25) is 0 Å². The summed E-state index contributed by atoms with van der Waals surface area (Å²) in [7, 11) is 0. The van der Waals surface area contributed by atoms with Gasteiger partial charge in [-0.25, -0.2) is 0 Å². The third-order valence-corrected chi connectivity index (χ3v) is 16.3. The highest BCUT2D eigenvalue weighted by Gasteiger charge is 2.31. The molecule has 0 saturated carbocycles. The Balaban J connectivity index is 1.05. The Morgan fingerprint density at radius 2 is 0.425 bits per heavy atom. The summed E-state index contributed by atoms with van der Waals surface area (Å²) in [5, 5.41) is 74.7. The first kappa shape index (κ1) is 50.2. The Morgan fingerprint density at radius 3 is 0.637 bits per heavy atom. The van der Waals surface area contributed by atoms with Crippen molar-refractivity contribution >= 4 is 43.1 Å². The Kier molecular flexibility index (Phi) is 13.7. The smallest absolute Gasteiger partial charge is 0.128 e. The van der Waals surface area contributed by atoms with Crippen molar-refractivity contribution in [3.63, 3.8) is 0 Å². The molecular formula is C72H60N4O4. The van der Waals surface area contributed by atoms with Gasteiger partial charge in [-0.2, -0.15) is 0 Å². The summed E-state index contributed by atoms with van der Waals surface area (Å²) in [6, 6.07) is 80.3. The number of aromatic hydroxyl groups is 4. The SMILES string of the molecule is Oc1c2cc3ccccc3c1-c1c(O)c(cc3ccccc13)CN[C@@H](c1ccccc1)[C@H](c1ccccc1)NCc1cc3ccccc3c(c1O)-c1c(O)c(cc3ccccc13)CN[C@H](c1ccccc1)[C@@H](c1ccccc1)NC2. The van der Waals surface area contributed by atoms with Crippen LogP contribution >= 0.6 is 0 Å². The lowest BCUT2D eigenvalue weighted by Gasteiger charge is -2.31. The summed E-state index contributed by atoms with van der Waals surface area (Å²) in [5.41, 5.74) is 8.97. The number of nitrogens with one attached hydrogen (secondary N) is 4. The molecule has 8 bridgehead atoms. The summed E-state index contributed by atoms with van der Waals surface area (Å²) >= 11 is 0. The summed E-state index contributed by atoms with van der Waals surface area (Å²) in [5.74, 6) is 0.316. The average Bonchev–Trinajstić information content (AvgIpc) is 3.61. The van der Waals surface area contributed by atoms with Gasteiger partial charge in [0.1, 0.15) is 23.0 Å². The minimum atomic E-state index is -0.362. The van der Waals surface area contributed by atoms with Gasteiger partial charge in [0, 0.05) is 70.7 Å². The number of phenolic OH excluding ortho intramolecular Hbond substituents is 4. The van der Waals surface area contributed by atoms with Crippen LogP contribution in [0.5, 0.6) is 23.0 Å². The molecule has 0 fully saturated rings. The van der Waals surface area contributed by atoms with E-state index in [-0.39, 0.29) is 73.3 Å². The van der Waals surface area contributed by atoms with Crippen molar-refractivity contribution in [2.75, 3.05) is 0 Å². The van der Waals surface area contributed by atoms with Crippen LogP contribution in [-0.2, 0) is 26.2 Å². The minimum absolute atomic E-state index is 0.0790. The molecule has 8 heteroatoms. The molecule has 0 radical (unpaired) electrons. The van der Waals surface area contributed by atoms with Crippen molar-refractivity contribution in [2.24, 2.45) is 0 Å². The van der Waals surface area contributed by atoms with Gasteiger partial charge in [0.25, 0.3) is 0 Å². The monoisotopic (exact) mass is 1040 g/mol. The van der Waals surface area contributed by atoms with Crippen LogP contribution in [0.4, 0.5) is 0 Å². The molecule has 0 aliphatic carbocycles. The van der Waals surface area contributed by atoms with E-state index in [0.29, 0.717) is 44.5 Å². The second-order valence-corrected chi connectivity index (χ2v) is 21.0. The lowest BCUT2D eigenvalue weighted by Crippen LogP contribution is -2.35. The van der Waals surface area contributed by atoms with Crippen molar-refractivity contribution in [2.45, 2.75) is 50.3 Å². The van der Waals surface area contributed by atoms with Crippen molar-refractivity contribution < 1.29 is 20.4 Å². The van der Waals surface area contributed by atoms with Crippen LogP contribution in [0.15, 0.2) is 243 Å². The topological polar surface area (TPSA) is 129 Å². The van der Waals surface area contributed by atoms with Gasteiger partial charge in [-0.05, 0) is 89.6 Å². The Morgan fingerprint density at radius 1 is 0.237 bits per heavy atom. The Bertz CT molecular complexity index is 3670. The van der Waals surface area contributed by atoms with Gasteiger partial charge in [0.15, 0.2) is 0 Å². The maximum absolute atomic E-state index is 13.0. The molecule has 8 nitrogen and oxygen atoms in total. The van der Waals surface area contributed by atoms with Gasteiger partial charge in [0.05, 0.1) is 24.2 Å². The van der Waals surface area contributed by atoms with Crippen LogP contribution in [-0.4, -0.2) is 20.4 Å². The molecule has 0 amide bonds. The number of phenols is 4. The van der Waals surface area contributed by atoms with Gasteiger partial charge in [-0.15, -0.1) is 0 Å². The van der Waals surface area contributed by atoms with E-state index in [9.17, 15) is 20.4 Å². The summed E-state index contributed by atoms with van der Waals surface area (Å²) < 4.78 is 0. The molecule has 0 aromatic heterocycles. The van der Waals surface area contributed by atoms with Gasteiger partial charge in [-0.3, -0.25) is 0 Å². The molecule has 80 heavy (non-hydrogen) atoms. The van der Waals surface area contributed by atoms with Crippen LogP contribution in [0, 0.1) is 0 Å². The highest BCUT2D eigenvalue weighted by Crippen LogP contribution is 2.50. The maximum atomic E-state index is 13.0. The first-order valence-electron chi connectivity index (χ1n) is 27.5. The van der Waals surface area contributed by atoms with Gasteiger partial charge in [0.2, 0.25) is 0 Å². The maximum Gasteiger partial charge on any atom is 0.128 e. The van der Waals surface area contributed by atoms with Gasteiger partial charge >= 0.3 is 0 Å². The van der Waals surface area contributed by atoms with E-state index in [1.165, 1.54) is 0 Å². The lowest BCUT2D eigenvalue weighted by atomic mass is 9.87. The fourth-order valence-corrected chi connectivity index (χ4v) is 12.4. The van der Waals surface area contributed by atoms with E-state index >= 15 is 0 Å². The summed E-state index contributed by atoms with van der Waals surface area (Å²) in [4.78, 5) is 0. The fourth-order valence-electron chi connectivity index (χ4n) is 12.4. The zero-order chi connectivity index (χ0) is 54.1.